The van der Waals surface area contributed by atoms with Gasteiger partial charge in [0.1, 0.15) is 5.76 Å². The fourth-order valence-electron chi connectivity index (χ4n) is 3.70. The zero-order valence-electron chi connectivity index (χ0n) is 15.7. The number of hydrogen-bond donors (Lipinski definition) is 1. The van der Waals surface area contributed by atoms with E-state index in [2.05, 4.69) is 5.32 Å². The number of halogens is 1. The Bertz CT molecular complexity index is 963. The van der Waals surface area contributed by atoms with Crippen molar-refractivity contribution in [2.45, 2.75) is 37.8 Å². The highest BCUT2D eigenvalue weighted by Crippen LogP contribution is 2.35. The normalized spacial score (nSPS) is 15.2. The molecule has 2 aromatic heterocycles. The minimum absolute atomic E-state index is 0.0896. The van der Waals surface area contributed by atoms with E-state index in [1.165, 1.54) is 17.4 Å². The van der Waals surface area contributed by atoms with Gasteiger partial charge in [-0.15, -0.1) is 0 Å². The van der Waals surface area contributed by atoms with Crippen molar-refractivity contribution in [1.82, 2.24) is 5.32 Å². The number of carbonyl (C=O) groups excluding carboxylic acids is 2. The van der Waals surface area contributed by atoms with E-state index in [-0.39, 0.29) is 17.7 Å². The number of nitrogens with zero attached hydrogens (tertiary/aromatic N) is 1. The lowest BCUT2D eigenvalue weighted by Crippen LogP contribution is -2.46. The SMILES string of the molecule is O=C(NC1CCCC1)[C@H](c1ccco1)N(C(=O)c1ccco1)c1ccccc1Cl. The first-order chi connectivity index (χ1) is 14.1. The summed E-state index contributed by atoms with van der Waals surface area (Å²) in [7, 11) is 0. The molecule has 4 rings (SSSR count). The van der Waals surface area contributed by atoms with Crippen molar-refractivity contribution < 1.29 is 18.4 Å². The maximum Gasteiger partial charge on any atom is 0.295 e. The molecule has 0 unspecified atom stereocenters. The topological polar surface area (TPSA) is 75.7 Å². The van der Waals surface area contributed by atoms with Gasteiger partial charge in [0, 0.05) is 6.04 Å². The monoisotopic (exact) mass is 412 g/mol. The third-order valence-corrected chi connectivity index (χ3v) is 5.40. The number of carbonyl (C=O) groups is 2. The molecule has 6 nitrogen and oxygen atoms in total. The second-order valence-electron chi connectivity index (χ2n) is 7.01. The van der Waals surface area contributed by atoms with Crippen LogP contribution in [0.1, 0.15) is 48.0 Å². The van der Waals surface area contributed by atoms with Gasteiger partial charge in [0.25, 0.3) is 11.8 Å². The molecule has 1 N–H and O–H groups in total. The van der Waals surface area contributed by atoms with Crippen molar-refractivity contribution in [3.63, 3.8) is 0 Å². The summed E-state index contributed by atoms with van der Waals surface area (Å²) in [6.45, 7) is 0. The zero-order valence-corrected chi connectivity index (χ0v) is 16.5. The van der Waals surface area contributed by atoms with E-state index in [4.69, 9.17) is 20.4 Å². The Labute approximate surface area is 173 Å². The second kappa shape index (κ2) is 8.57. The van der Waals surface area contributed by atoms with E-state index in [1.807, 2.05) is 0 Å². The number of hydrogen-bond acceptors (Lipinski definition) is 4. The lowest BCUT2D eigenvalue weighted by atomic mass is 10.1. The van der Waals surface area contributed by atoms with Gasteiger partial charge in [-0.2, -0.15) is 0 Å². The highest BCUT2D eigenvalue weighted by atomic mass is 35.5. The average Bonchev–Trinajstić information content (AvgIpc) is 3.49. The molecule has 29 heavy (non-hydrogen) atoms. The summed E-state index contributed by atoms with van der Waals surface area (Å²) in [6.07, 6.45) is 6.90. The van der Waals surface area contributed by atoms with E-state index >= 15 is 0 Å². The number of anilines is 1. The van der Waals surface area contributed by atoms with Gasteiger partial charge in [-0.25, -0.2) is 0 Å². The van der Waals surface area contributed by atoms with Crippen molar-refractivity contribution in [1.29, 1.82) is 0 Å². The smallest absolute Gasteiger partial charge is 0.295 e. The molecular weight excluding hydrogens is 392 g/mol. The van der Waals surface area contributed by atoms with Crippen molar-refractivity contribution in [2.75, 3.05) is 4.90 Å². The number of benzene rings is 1. The molecule has 7 heteroatoms. The van der Waals surface area contributed by atoms with Crippen LogP contribution < -0.4 is 10.2 Å². The number of amides is 2. The Balaban J connectivity index is 1.78. The lowest BCUT2D eigenvalue weighted by Gasteiger charge is -2.30. The zero-order chi connectivity index (χ0) is 20.2. The number of furan rings is 2. The predicted molar refractivity (Wildman–Crippen MR) is 109 cm³/mol. The molecular formula is C22H21ClN2O4. The van der Waals surface area contributed by atoms with Crippen LogP contribution in [0.3, 0.4) is 0 Å². The van der Waals surface area contributed by atoms with E-state index in [0.717, 1.165) is 25.7 Å². The minimum Gasteiger partial charge on any atom is -0.467 e. The van der Waals surface area contributed by atoms with Crippen LogP contribution in [0.5, 0.6) is 0 Å². The summed E-state index contributed by atoms with van der Waals surface area (Å²) in [4.78, 5) is 28.1. The maximum atomic E-state index is 13.4. The Morgan fingerprint density at radius 3 is 2.38 bits per heavy atom. The summed E-state index contributed by atoms with van der Waals surface area (Å²) in [5.41, 5.74) is 0.401. The van der Waals surface area contributed by atoms with Crippen LogP contribution in [0.4, 0.5) is 5.69 Å². The van der Waals surface area contributed by atoms with Crippen LogP contribution in [0.15, 0.2) is 69.9 Å². The molecule has 0 radical (unpaired) electrons. The van der Waals surface area contributed by atoms with Gasteiger partial charge < -0.3 is 14.2 Å². The average molecular weight is 413 g/mol. The fraction of sp³-hybridized carbons (Fsp3) is 0.273. The van der Waals surface area contributed by atoms with E-state index in [9.17, 15) is 9.59 Å². The molecule has 150 valence electrons. The maximum absolute atomic E-state index is 13.4. The van der Waals surface area contributed by atoms with E-state index in [0.29, 0.717) is 16.5 Å². The summed E-state index contributed by atoms with van der Waals surface area (Å²) < 4.78 is 10.9. The largest absolute Gasteiger partial charge is 0.467 e. The third-order valence-electron chi connectivity index (χ3n) is 5.08. The standard InChI is InChI=1S/C22H21ClN2O4/c23-16-9-3-4-10-17(16)25(22(27)19-12-6-14-29-19)20(18-11-5-13-28-18)21(26)24-15-7-1-2-8-15/h3-6,9-15,20H,1-2,7-8H2,(H,24,26)/t20-/m0/s1. The fourth-order valence-corrected chi connectivity index (χ4v) is 3.93. The molecule has 0 bridgehead atoms. The van der Waals surface area contributed by atoms with Crippen LogP contribution in [0, 0.1) is 0 Å². The molecule has 1 aliphatic carbocycles. The lowest BCUT2D eigenvalue weighted by molar-refractivity contribution is -0.123. The molecule has 1 atom stereocenters. The van der Waals surface area contributed by atoms with Gasteiger partial charge in [0.15, 0.2) is 11.8 Å². The molecule has 3 aromatic rings. The molecule has 1 saturated carbocycles. The second-order valence-corrected chi connectivity index (χ2v) is 7.42. The van der Waals surface area contributed by atoms with Crippen LogP contribution in [0.2, 0.25) is 5.02 Å². The van der Waals surface area contributed by atoms with Crippen LogP contribution >= 0.6 is 11.6 Å². The minimum atomic E-state index is -1.02. The third kappa shape index (κ3) is 4.07. The molecule has 2 heterocycles. The number of para-hydroxylation sites is 1. The van der Waals surface area contributed by atoms with Crippen molar-refractivity contribution in [2.24, 2.45) is 0 Å². The van der Waals surface area contributed by atoms with Gasteiger partial charge in [-0.05, 0) is 49.2 Å². The Morgan fingerprint density at radius 1 is 1.00 bits per heavy atom. The first-order valence-corrected chi connectivity index (χ1v) is 9.98. The van der Waals surface area contributed by atoms with Gasteiger partial charge in [-0.1, -0.05) is 36.6 Å². The molecule has 0 saturated heterocycles. The highest BCUT2D eigenvalue weighted by molar-refractivity contribution is 6.34. The van der Waals surface area contributed by atoms with Crippen molar-refractivity contribution in [3.05, 3.63) is 77.6 Å². The van der Waals surface area contributed by atoms with E-state index in [1.54, 1.807) is 48.5 Å². The van der Waals surface area contributed by atoms with Crippen LogP contribution in [0.25, 0.3) is 0 Å². The van der Waals surface area contributed by atoms with Crippen LogP contribution in [-0.2, 0) is 4.79 Å². The molecule has 1 fully saturated rings. The summed E-state index contributed by atoms with van der Waals surface area (Å²) in [6, 6.07) is 12.5. The summed E-state index contributed by atoms with van der Waals surface area (Å²) >= 11 is 6.42. The van der Waals surface area contributed by atoms with Crippen molar-refractivity contribution >= 4 is 29.1 Å². The molecule has 1 aromatic carbocycles. The summed E-state index contributed by atoms with van der Waals surface area (Å²) in [5, 5.41) is 3.42. The molecule has 0 spiro atoms. The molecule has 0 aliphatic heterocycles. The van der Waals surface area contributed by atoms with Gasteiger partial charge in [0.2, 0.25) is 0 Å². The van der Waals surface area contributed by atoms with Gasteiger partial charge in [0.05, 0.1) is 23.2 Å². The highest BCUT2D eigenvalue weighted by Gasteiger charge is 2.38. The quantitative estimate of drug-likeness (QED) is 0.620. The van der Waals surface area contributed by atoms with E-state index < -0.39 is 11.9 Å². The van der Waals surface area contributed by atoms with Gasteiger partial charge >= 0.3 is 0 Å². The first kappa shape index (κ1) is 19.3. The van der Waals surface area contributed by atoms with Gasteiger partial charge in [-0.3, -0.25) is 14.5 Å². The predicted octanol–water partition coefficient (Wildman–Crippen LogP) is 4.97. The Morgan fingerprint density at radius 2 is 1.72 bits per heavy atom. The number of nitrogens with one attached hydrogen (secondary N) is 1. The molecule has 2 amide bonds. The Kier molecular flexibility index (Phi) is 5.71. The Hall–Kier alpha value is -2.99. The van der Waals surface area contributed by atoms with Crippen molar-refractivity contribution in [3.8, 4) is 0 Å². The first-order valence-electron chi connectivity index (χ1n) is 9.60. The number of rotatable bonds is 6. The summed E-state index contributed by atoms with van der Waals surface area (Å²) in [5.74, 6) is -0.340. The molecule has 1 aliphatic rings. The van der Waals surface area contributed by atoms with Crippen LogP contribution in [-0.4, -0.2) is 17.9 Å².